The number of halogens is 2. The van der Waals surface area contributed by atoms with Gasteiger partial charge in [0.1, 0.15) is 12.2 Å². The van der Waals surface area contributed by atoms with Gasteiger partial charge in [-0.15, -0.1) is 0 Å². The zero-order valence-corrected chi connectivity index (χ0v) is 9.53. The van der Waals surface area contributed by atoms with Gasteiger partial charge < -0.3 is 15.3 Å². The molecule has 0 amide bonds. The first-order valence-electron chi connectivity index (χ1n) is 3.98. The van der Waals surface area contributed by atoms with E-state index in [-0.39, 0.29) is 0 Å². The first kappa shape index (κ1) is 11.9. The molecule has 0 aliphatic heterocycles. The van der Waals surface area contributed by atoms with Gasteiger partial charge in [0.05, 0.1) is 11.6 Å². The molecular weight excluding hydrogens is 271 g/mol. The van der Waals surface area contributed by atoms with E-state index in [0.29, 0.717) is 15.1 Å². The van der Waals surface area contributed by atoms with Gasteiger partial charge in [0.25, 0.3) is 0 Å². The summed E-state index contributed by atoms with van der Waals surface area (Å²) in [4.78, 5) is 0. The summed E-state index contributed by atoms with van der Waals surface area (Å²) in [6.45, 7) is -0.491. The topological polar surface area (TPSA) is 60.7 Å². The van der Waals surface area contributed by atoms with Crippen LogP contribution in [0.2, 0.25) is 5.02 Å². The van der Waals surface area contributed by atoms with E-state index in [1.807, 2.05) is 0 Å². The smallest absolute Gasteiger partial charge is 0.107 e. The Morgan fingerprint density at radius 2 is 2.00 bits per heavy atom. The van der Waals surface area contributed by atoms with Gasteiger partial charge in [-0.05, 0) is 33.6 Å². The zero-order valence-electron chi connectivity index (χ0n) is 7.19. The molecule has 0 heterocycles. The third kappa shape index (κ3) is 2.68. The summed E-state index contributed by atoms with van der Waals surface area (Å²) in [5, 5.41) is 27.8. The fourth-order valence-corrected chi connectivity index (χ4v) is 1.45. The van der Waals surface area contributed by atoms with Crippen LogP contribution in [0.15, 0.2) is 22.7 Å². The van der Waals surface area contributed by atoms with E-state index < -0.39 is 18.8 Å². The molecule has 1 aromatic carbocycles. The second-order valence-corrected chi connectivity index (χ2v) is 4.13. The van der Waals surface area contributed by atoms with Crippen LogP contribution in [0.4, 0.5) is 0 Å². The van der Waals surface area contributed by atoms with Crippen molar-refractivity contribution in [3.05, 3.63) is 33.3 Å². The summed E-state index contributed by atoms with van der Waals surface area (Å²) in [5.41, 5.74) is 0.472. The van der Waals surface area contributed by atoms with Gasteiger partial charge in [0.15, 0.2) is 0 Å². The summed E-state index contributed by atoms with van der Waals surface area (Å²) in [7, 11) is 0. The minimum Gasteiger partial charge on any atom is -0.394 e. The highest BCUT2D eigenvalue weighted by molar-refractivity contribution is 9.10. The molecule has 78 valence electrons. The molecule has 3 N–H and O–H groups in total. The molecule has 0 radical (unpaired) electrons. The number of rotatable bonds is 3. The van der Waals surface area contributed by atoms with Crippen molar-refractivity contribution in [3.63, 3.8) is 0 Å². The Hall–Kier alpha value is -0.130. The Morgan fingerprint density at radius 3 is 2.50 bits per heavy atom. The van der Waals surface area contributed by atoms with E-state index in [2.05, 4.69) is 15.9 Å². The first-order chi connectivity index (χ1) is 6.56. The Balaban J connectivity index is 2.91. The van der Waals surface area contributed by atoms with Crippen molar-refractivity contribution in [3.8, 4) is 0 Å². The van der Waals surface area contributed by atoms with E-state index >= 15 is 0 Å². The monoisotopic (exact) mass is 280 g/mol. The van der Waals surface area contributed by atoms with Gasteiger partial charge >= 0.3 is 0 Å². The molecule has 2 atom stereocenters. The third-order valence-electron chi connectivity index (χ3n) is 1.84. The zero-order chi connectivity index (χ0) is 10.7. The second kappa shape index (κ2) is 5.09. The molecule has 1 rings (SSSR count). The highest BCUT2D eigenvalue weighted by Crippen LogP contribution is 2.27. The maximum Gasteiger partial charge on any atom is 0.107 e. The first-order valence-corrected chi connectivity index (χ1v) is 5.15. The van der Waals surface area contributed by atoms with E-state index in [4.69, 9.17) is 16.7 Å². The molecule has 14 heavy (non-hydrogen) atoms. The van der Waals surface area contributed by atoms with Crippen LogP contribution in [-0.2, 0) is 0 Å². The fourth-order valence-electron chi connectivity index (χ4n) is 1.02. The number of aliphatic hydroxyl groups excluding tert-OH is 3. The molecule has 0 spiro atoms. The van der Waals surface area contributed by atoms with Crippen molar-refractivity contribution in [1.82, 2.24) is 0 Å². The van der Waals surface area contributed by atoms with Crippen LogP contribution in [0, 0.1) is 0 Å². The van der Waals surface area contributed by atoms with Gasteiger partial charge in [0, 0.05) is 4.47 Å². The molecule has 3 nitrogen and oxygen atoms in total. The van der Waals surface area contributed by atoms with Crippen molar-refractivity contribution >= 4 is 27.5 Å². The lowest BCUT2D eigenvalue weighted by molar-refractivity contribution is -0.0152. The predicted molar refractivity (Wildman–Crippen MR) is 57.2 cm³/mol. The minimum atomic E-state index is -1.19. The SMILES string of the molecule is OCC(O)C(O)c1ccc(Br)c(Cl)c1. The Kier molecular flexibility index (Phi) is 4.34. The molecule has 2 unspecified atom stereocenters. The molecule has 0 saturated heterocycles. The fraction of sp³-hybridized carbons (Fsp3) is 0.333. The molecule has 0 aliphatic rings. The molecule has 0 aromatic heterocycles. The number of benzene rings is 1. The van der Waals surface area contributed by atoms with Crippen molar-refractivity contribution in [1.29, 1.82) is 0 Å². The second-order valence-electron chi connectivity index (χ2n) is 2.87. The molecule has 5 heteroatoms. The molecule has 0 aliphatic carbocycles. The van der Waals surface area contributed by atoms with Gasteiger partial charge in [-0.2, -0.15) is 0 Å². The normalized spacial score (nSPS) is 15.2. The average molecular weight is 282 g/mol. The van der Waals surface area contributed by atoms with E-state index in [1.165, 1.54) is 6.07 Å². The van der Waals surface area contributed by atoms with Crippen LogP contribution in [0.3, 0.4) is 0 Å². The predicted octanol–water partition coefficient (Wildman–Crippen LogP) is 1.49. The van der Waals surface area contributed by atoms with E-state index in [1.54, 1.807) is 12.1 Å². The number of hydrogen-bond donors (Lipinski definition) is 3. The van der Waals surface area contributed by atoms with Crippen molar-refractivity contribution in [2.75, 3.05) is 6.61 Å². The van der Waals surface area contributed by atoms with Crippen LogP contribution in [-0.4, -0.2) is 28.0 Å². The van der Waals surface area contributed by atoms with Crippen LogP contribution in [0.25, 0.3) is 0 Å². The van der Waals surface area contributed by atoms with Crippen molar-refractivity contribution in [2.45, 2.75) is 12.2 Å². The number of aliphatic hydroxyl groups is 3. The van der Waals surface area contributed by atoms with Gasteiger partial charge in [-0.1, -0.05) is 17.7 Å². The standard InChI is InChI=1S/C9H10BrClO3/c10-6-2-1-5(3-7(6)11)9(14)8(13)4-12/h1-3,8-9,12-14H,4H2. The average Bonchev–Trinajstić information content (AvgIpc) is 2.20. The van der Waals surface area contributed by atoms with Gasteiger partial charge in [0.2, 0.25) is 0 Å². The summed E-state index contributed by atoms with van der Waals surface area (Å²) in [6, 6.07) is 4.83. The summed E-state index contributed by atoms with van der Waals surface area (Å²) in [5.74, 6) is 0. The van der Waals surface area contributed by atoms with Crippen LogP contribution in [0.1, 0.15) is 11.7 Å². The minimum absolute atomic E-state index is 0.451. The van der Waals surface area contributed by atoms with Crippen LogP contribution < -0.4 is 0 Å². The lowest BCUT2D eigenvalue weighted by Gasteiger charge is -2.16. The van der Waals surface area contributed by atoms with Crippen molar-refractivity contribution in [2.24, 2.45) is 0 Å². The summed E-state index contributed by atoms with van der Waals surface area (Å²) < 4.78 is 0.716. The molecular formula is C9H10BrClO3. The number of hydrogen-bond acceptors (Lipinski definition) is 3. The lowest BCUT2D eigenvalue weighted by atomic mass is 10.1. The highest BCUT2D eigenvalue weighted by Gasteiger charge is 2.17. The summed E-state index contributed by atoms with van der Waals surface area (Å²) in [6.07, 6.45) is -2.31. The highest BCUT2D eigenvalue weighted by atomic mass is 79.9. The summed E-state index contributed by atoms with van der Waals surface area (Å²) >= 11 is 9.01. The molecule has 0 bridgehead atoms. The van der Waals surface area contributed by atoms with Crippen molar-refractivity contribution < 1.29 is 15.3 Å². The molecule has 1 aromatic rings. The Labute approximate surface area is 95.1 Å². The maximum atomic E-state index is 9.52. The molecule has 0 fully saturated rings. The lowest BCUT2D eigenvalue weighted by Crippen LogP contribution is -2.21. The largest absolute Gasteiger partial charge is 0.394 e. The van der Waals surface area contributed by atoms with E-state index in [9.17, 15) is 10.2 Å². The maximum absolute atomic E-state index is 9.52. The van der Waals surface area contributed by atoms with E-state index in [0.717, 1.165) is 0 Å². The Morgan fingerprint density at radius 1 is 1.36 bits per heavy atom. The van der Waals surface area contributed by atoms with Gasteiger partial charge in [-0.25, -0.2) is 0 Å². The van der Waals surface area contributed by atoms with Crippen LogP contribution >= 0.6 is 27.5 Å². The van der Waals surface area contributed by atoms with Gasteiger partial charge in [-0.3, -0.25) is 0 Å². The molecule has 0 saturated carbocycles. The third-order valence-corrected chi connectivity index (χ3v) is 3.07. The van der Waals surface area contributed by atoms with Crippen LogP contribution in [0.5, 0.6) is 0 Å². The quantitative estimate of drug-likeness (QED) is 0.787. The Bertz CT molecular complexity index is 319.